The molecule has 0 radical (unpaired) electrons. The second-order valence-electron chi connectivity index (χ2n) is 9.25. The maximum Gasteiger partial charge on any atom is 0.237 e. The Bertz CT molecular complexity index is 858. The van der Waals surface area contributed by atoms with Gasteiger partial charge in [-0.2, -0.15) is 5.26 Å². The standard InChI is InChI=1S/C23H28F2N4O2/c24-17-3-1-16(2-4-17)13-27-21(31)22-5-8-23(9-6-22,10-7-22)28-14-20(30)29-15-18(25)11-19(29)12-26/h1-4,18-19,28H,5-11,13-15H2,(H,27,31). The largest absolute Gasteiger partial charge is 0.352 e. The summed E-state index contributed by atoms with van der Waals surface area (Å²) in [7, 11) is 0. The fraction of sp³-hybridized carbons (Fsp3) is 0.609. The molecule has 5 rings (SSSR count). The predicted octanol–water partition coefficient (Wildman–Crippen LogP) is 2.59. The van der Waals surface area contributed by atoms with Crippen molar-refractivity contribution in [2.75, 3.05) is 13.1 Å². The topological polar surface area (TPSA) is 85.2 Å². The Kier molecular flexibility index (Phi) is 5.98. The van der Waals surface area contributed by atoms with Crippen molar-refractivity contribution >= 4 is 11.8 Å². The van der Waals surface area contributed by atoms with Crippen LogP contribution in [0.25, 0.3) is 0 Å². The van der Waals surface area contributed by atoms with Crippen LogP contribution in [0.2, 0.25) is 0 Å². The van der Waals surface area contributed by atoms with E-state index >= 15 is 0 Å². The third kappa shape index (κ3) is 4.42. The van der Waals surface area contributed by atoms with Crippen molar-refractivity contribution in [1.29, 1.82) is 5.26 Å². The van der Waals surface area contributed by atoms with Gasteiger partial charge in [0.1, 0.15) is 18.0 Å². The van der Waals surface area contributed by atoms with Crippen LogP contribution in [0.3, 0.4) is 0 Å². The number of rotatable bonds is 6. The minimum atomic E-state index is -1.13. The summed E-state index contributed by atoms with van der Waals surface area (Å²) in [5.74, 6) is -0.488. The molecule has 4 aliphatic rings. The molecule has 2 bridgehead atoms. The van der Waals surface area contributed by atoms with E-state index in [1.165, 1.54) is 17.0 Å². The molecule has 2 unspecified atom stereocenters. The van der Waals surface area contributed by atoms with Gasteiger partial charge in [-0.25, -0.2) is 8.78 Å². The number of carbonyl (C=O) groups is 2. The number of halogens is 2. The molecule has 2 amide bonds. The number of alkyl halides is 1. The van der Waals surface area contributed by atoms with Crippen LogP contribution in [0.5, 0.6) is 0 Å². The first-order chi connectivity index (χ1) is 14.8. The molecule has 2 N–H and O–H groups in total. The van der Waals surface area contributed by atoms with Crippen LogP contribution in [0.15, 0.2) is 24.3 Å². The number of likely N-dealkylation sites (tertiary alicyclic amines) is 1. The van der Waals surface area contributed by atoms with E-state index in [2.05, 4.69) is 10.6 Å². The number of nitrogens with one attached hydrogen (secondary N) is 2. The van der Waals surface area contributed by atoms with Gasteiger partial charge < -0.3 is 15.5 Å². The molecule has 4 fully saturated rings. The molecule has 8 heteroatoms. The van der Waals surface area contributed by atoms with Gasteiger partial charge in [0.05, 0.1) is 19.2 Å². The third-order valence-electron chi connectivity index (χ3n) is 7.43. The summed E-state index contributed by atoms with van der Waals surface area (Å²) >= 11 is 0. The van der Waals surface area contributed by atoms with E-state index < -0.39 is 12.2 Å². The monoisotopic (exact) mass is 430 g/mol. The Labute approximate surface area is 181 Å². The smallest absolute Gasteiger partial charge is 0.237 e. The molecular formula is C23H28F2N4O2. The van der Waals surface area contributed by atoms with Gasteiger partial charge in [-0.05, 0) is 56.2 Å². The van der Waals surface area contributed by atoms with E-state index in [4.69, 9.17) is 5.26 Å². The van der Waals surface area contributed by atoms with Crippen molar-refractivity contribution in [3.8, 4) is 6.07 Å². The fourth-order valence-corrected chi connectivity index (χ4v) is 5.31. The molecule has 166 valence electrons. The van der Waals surface area contributed by atoms with Gasteiger partial charge in [-0.3, -0.25) is 9.59 Å². The minimum absolute atomic E-state index is 0.0108. The molecule has 1 aromatic rings. The van der Waals surface area contributed by atoms with E-state index in [1.807, 2.05) is 6.07 Å². The zero-order chi connectivity index (χ0) is 22.1. The summed E-state index contributed by atoms with van der Waals surface area (Å²) in [5, 5.41) is 15.5. The normalized spacial score (nSPS) is 32.0. The molecule has 1 heterocycles. The van der Waals surface area contributed by atoms with Crippen molar-refractivity contribution in [2.24, 2.45) is 5.41 Å². The summed E-state index contributed by atoms with van der Waals surface area (Å²) in [6, 6.07) is 7.44. The number of carbonyl (C=O) groups excluding carboxylic acids is 2. The summed E-state index contributed by atoms with van der Waals surface area (Å²) in [6.07, 6.45) is 3.61. The molecule has 3 aliphatic carbocycles. The maximum absolute atomic E-state index is 13.6. The molecule has 1 aliphatic heterocycles. The van der Waals surface area contributed by atoms with Gasteiger partial charge >= 0.3 is 0 Å². The first-order valence-corrected chi connectivity index (χ1v) is 11.0. The Balaban J connectivity index is 1.28. The van der Waals surface area contributed by atoms with Crippen molar-refractivity contribution in [3.05, 3.63) is 35.6 Å². The molecule has 2 atom stereocenters. The van der Waals surface area contributed by atoms with Gasteiger partial charge in [0.15, 0.2) is 0 Å². The number of nitrogens with zero attached hydrogens (tertiary/aromatic N) is 2. The molecular weight excluding hydrogens is 402 g/mol. The average Bonchev–Trinajstić information content (AvgIpc) is 3.19. The van der Waals surface area contributed by atoms with E-state index in [0.29, 0.717) is 6.54 Å². The van der Waals surface area contributed by atoms with E-state index in [1.54, 1.807) is 12.1 Å². The zero-order valence-corrected chi connectivity index (χ0v) is 17.5. The first kappa shape index (κ1) is 21.7. The lowest BCUT2D eigenvalue weighted by Gasteiger charge is -2.53. The number of nitriles is 1. The second-order valence-corrected chi connectivity index (χ2v) is 9.25. The van der Waals surface area contributed by atoms with Gasteiger partial charge in [0.25, 0.3) is 0 Å². The SMILES string of the molecule is N#CC1CC(F)CN1C(=O)CNC12CCC(C(=O)NCc3ccc(F)cc3)(CC1)CC2. The highest BCUT2D eigenvalue weighted by Crippen LogP contribution is 2.52. The van der Waals surface area contributed by atoms with Gasteiger partial charge in [-0.15, -0.1) is 0 Å². The fourth-order valence-electron chi connectivity index (χ4n) is 5.31. The maximum atomic E-state index is 13.6. The van der Waals surface area contributed by atoms with Crippen molar-refractivity contribution in [3.63, 3.8) is 0 Å². The Morgan fingerprint density at radius 2 is 1.77 bits per heavy atom. The average molecular weight is 430 g/mol. The van der Waals surface area contributed by atoms with Crippen molar-refractivity contribution in [2.45, 2.75) is 69.2 Å². The molecule has 1 aromatic carbocycles. The highest BCUT2D eigenvalue weighted by atomic mass is 19.1. The number of amides is 2. The predicted molar refractivity (Wildman–Crippen MR) is 110 cm³/mol. The lowest BCUT2D eigenvalue weighted by atomic mass is 9.57. The van der Waals surface area contributed by atoms with Gasteiger partial charge in [0, 0.05) is 23.9 Å². The summed E-state index contributed by atoms with van der Waals surface area (Å²) in [4.78, 5) is 26.8. The van der Waals surface area contributed by atoms with Crippen LogP contribution in [0.1, 0.15) is 50.5 Å². The minimum Gasteiger partial charge on any atom is -0.352 e. The molecule has 0 spiro atoms. The quantitative estimate of drug-likeness (QED) is 0.727. The molecule has 3 saturated carbocycles. The lowest BCUT2D eigenvalue weighted by molar-refractivity contribution is -0.139. The molecule has 6 nitrogen and oxygen atoms in total. The lowest BCUT2D eigenvalue weighted by Crippen LogP contribution is -2.60. The zero-order valence-electron chi connectivity index (χ0n) is 17.5. The highest BCUT2D eigenvalue weighted by molar-refractivity contribution is 5.83. The van der Waals surface area contributed by atoms with Crippen LogP contribution in [0.4, 0.5) is 8.78 Å². The number of hydrogen-bond donors (Lipinski definition) is 2. The van der Waals surface area contributed by atoms with E-state index in [9.17, 15) is 18.4 Å². The summed E-state index contributed by atoms with van der Waals surface area (Å²) < 4.78 is 26.6. The third-order valence-corrected chi connectivity index (χ3v) is 7.43. The Morgan fingerprint density at radius 3 is 2.39 bits per heavy atom. The van der Waals surface area contributed by atoms with Crippen molar-refractivity contribution < 1.29 is 18.4 Å². The molecule has 31 heavy (non-hydrogen) atoms. The van der Waals surface area contributed by atoms with Crippen LogP contribution in [-0.4, -0.2) is 47.6 Å². The van der Waals surface area contributed by atoms with E-state index in [-0.39, 0.29) is 48.1 Å². The highest BCUT2D eigenvalue weighted by Gasteiger charge is 2.52. The number of fused-ring (bicyclic) bond motifs is 3. The van der Waals surface area contributed by atoms with Gasteiger partial charge in [-0.1, -0.05) is 12.1 Å². The van der Waals surface area contributed by atoms with Crippen molar-refractivity contribution in [1.82, 2.24) is 15.5 Å². The second kappa shape index (κ2) is 8.54. The van der Waals surface area contributed by atoms with Crippen LogP contribution in [0, 0.1) is 22.6 Å². The van der Waals surface area contributed by atoms with Gasteiger partial charge in [0.2, 0.25) is 11.8 Å². The van der Waals surface area contributed by atoms with E-state index in [0.717, 1.165) is 44.1 Å². The van der Waals surface area contributed by atoms with Crippen LogP contribution in [-0.2, 0) is 16.1 Å². The Morgan fingerprint density at radius 1 is 1.13 bits per heavy atom. The van der Waals surface area contributed by atoms with Crippen LogP contribution >= 0.6 is 0 Å². The number of benzene rings is 1. The molecule has 0 aromatic heterocycles. The summed E-state index contributed by atoms with van der Waals surface area (Å²) in [5.41, 5.74) is 0.307. The Hall–Kier alpha value is -2.53. The molecule has 1 saturated heterocycles. The summed E-state index contributed by atoms with van der Waals surface area (Å²) in [6.45, 7) is 0.460. The first-order valence-electron chi connectivity index (χ1n) is 11.0. The number of hydrogen-bond acceptors (Lipinski definition) is 4. The van der Waals surface area contributed by atoms with Crippen LogP contribution < -0.4 is 10.6 Å².